The van der Waals surface area contributed by atoms with Crippen LogP contribution in [-0.4, -0.2) is 29.7 Å². The Morgan fingerprint density at radius 1 is 1.59 bits per heavy atom. The minimum atomic E-state index is -2.93. The highest BCUT2D eigenvalue weighted by molar-refractivity contribution is 7.91. The normalized spacial score (nSPS) is 20.2. The van der Waals surface area contributed by atoms with Crippen LogP contribution >= 0.6 is 0 Å². The monoisotopic (exact) mass is 257 g/mol. The first-order valence-electron chi connectivity index (χ1n) is 6.04. The Hall–Kier alpha value is -0.880. The second-order valence-electron chi connectivity index (χ2n) is 4.50. The number of hydrogen-bond acceptors (Lipinski definition) is 4. The van der Waals surface area contributed by atoms with Gasteiger partial charge < -0.3 is 5.73 Å². The second-order valence-corrected chi connectivity index (χ2v) is 6.98. The van der Waals surface area contributed by atoms with Crippen molar-refractivity contribution < 1.29 is 8.42 Å². The Kier molecular flexibility index (Phi) is 3.53. The minimum absolute atomic E-state index is 0.0651. The van der Waals surface area contributed by atoms with E-state index in [-0.39, 0.29) is 17.5 Å². The van der Waals surface area contributed by atoms with Gasteiger partial charge in [0.2, 0.25) is 0 Å². The number of hydrogen-bond donors (Lipinski definition) is 1. The van der Waals surface area contributed by atoms with Gasteiger partial charge in [-0.15, -0.1) is 0 Å². The summed E-state index contributed by atoms with van der Waals surface area (Å²) in [4.78, 5) is 0. The molecule has 0 fully saturated rings. The van der Waals surface area contributed by atoms with Crippen LogP contribution in [0, 0.1) is 0 Å². The van der Waals surface area contributed by atoms with Gasteiger partial charge in [0.15, 0.2) is 9.84 Å². The van der Waals surface area contributed by atoms with E-state index in [1.165, 1.54) is 0 Å². The third kappa shape index (κ3) is 2.69. The molecule has 0 spiro atoms. The van der Waals surface area contributed by atoms with Crippen molar-refractivity contribution in [1.29, 1.82) is 0 Å². The average molecular weight is 257 g/mol. The van der Waals surface area contributed by atoms with Gasteiger partial charge in [0.25, 0.3) is 0 Å². The molecule has 2 N–H and O–H groups in total. The SMILES string of the molecule is CCS(=O)(=O)CCn1ncc2c1CCCC2N. The van der Waals surface area contributed by atoms with Gasteiger partial charge in [-0.1, -0.05) is 6.92 Å². The maximum absolute atomic E-state index is 11.5. The highest BCUT2D eigenvalue weighted by Gasteiger charge is 2.21. The molecule has 0 saturated carbocycles. The summed E-state index contributed by atoms with van der Waals surface area (Å²) in [7, 11) is -2.93. The first kappa shape index (κ1) is 12.6. The molecule has 17 heavy (non-hydrogen) atoms. The van der Waals surface area contributed by atoms with E-state index in [1.807, 2.05) is 4.68 Å². The fraction of sp³-hybridized carbons (Fsp3) is 0.727. The Morgan fingerprint density at radius 3 is 3.06 bits per heavy atom. The van der Waals surface area contributed by atoms with Crippen LogP contribution in [0.1, 0.15) is 37.1 Å². The summed E-state index contributed by atoms with van der Waals surface area (Å²) < 4.78 is 24.7. The fourth-order valence-electron chi connectivity index (χ4n) is 2.22. The predicted octanol–water partition coefficient (Wildman–Crippen LogP) is 0.654. The maximum Gasteiger partial charge on any atom is 0.151 e. The molecule has 0 aromatic carbocycles. The third-order valence-electron chi connectivity index (χ3n) is 3.36. The molecule has 96 valence electrons. The lowest BCUT2D eigenvalue weighted by atomic mass is 9.94. The second kappa shape index (κ2) is 4.78. The number of rotatable bonds is 4. The fourth-order valence-corrected chi connectivity index (χ4v) is 2.96. The van der Waals surface area contributed by atoms with E-state index in [1.54, 1.807) is 13.1 Å². The van der Waals surface area contributed by atoms with Crippen LogP contribution in [0.15, 0.2) is 6.20 Å². The number of nitrogens with zero attached hydrogens (tertiary/aromatic N) is 2. The van der Waals surface area contributed by atoms with E-state index in [4.69, 9.17) is 5.73 Å². The van der Waals surface area contributed by atoms with E-state index in [0.717, 1.165) is 30.5 Å². The van der Waals surface area contributed by atoms with Gasteiger partial charge >= 0.3 is 0 Å². The zero-order chi connectivity index (χ0) is 12.5. The third-order valence-corrected chi connectivity index (χ3v) is 5.05. The molecule has 0 radical (unpaired) electrons. The highest BCUT2D eigenvalue weighted by atomic mass is 32.2. The van der Waals surface area contributed by atoms with Crippen molar-refractivity contribution >= 4 is 9.84 Å². The molecule has 1 aromatic rings. The lowest BCUT2D eigenvalue weighted by Gasteiger charge is -2.19. The Balaban J connectivity index is 2.13. The van der Waals surface area contributed by atoms with Crippen LogP contribution in [0.25, 0.3) is 0 Å². The van der Waals surface area contributed by atoms with Gasteiger partial charge in [0.1, 0.15) is 0 Å². The van der Waals surface area contributed by atoms with Crippen molar-refractivity contribution in [3.05, 3.63) is 17.5 Å². The van der Waals surface area contributed by atoms with E-state index in [0.29, 0.717) is 6.54 Å². The number of nitrogens with two attached hydrogens (primary N) is 1. The molecule has 1 aliphatic rings. The molecule has 0 aliphatic heterocycles. The van der Waals surface area contributed by atoms with Crippen molar-refractivity contribution in [2.75, 3.05) is 11.5 Å². The van der Waals surface area contributed by atoms with Crippen molar-refractivity contribution in [2.24, 2.45) is 5.73 Å². The van der Waals surface area contributed by atoms with Gasteiger partial charge in [-0.05, 0) is 19.3 Å². The summed E-state index contributed by atoms with van der Waals surface area (Å²) in [6.45, 7) is 2.11. The topological polar surface area (TPSA) is 78.0 Å². The van der Waals surface area contributed by atoms with Gasteiger partial charge in [0.05, 0.1) is 18.5 Å². The van der Waals surface area contributed by atoms with Gasteiger partial charge in [-0.2, -0.15) is 5.10 Å². The molecule has 1 heterocycles. The standard InChI is InChI=1S/C11H19N3O2S/c1-2-17(15,16)7-6-14-11-5-3-4-10(12)9(11)8-13-14/h8,10H,2-7,12H2,1H3. The van der Waals surface area contributed by atoms with Gasteiger partial charge in [0, 0.05) is 23.1 Å². The van der Waals surface area contributed by atoms with Crippen LogP contribution < -0.4 is 5.73 Å². The lowest BCUT2D eigenvalue weighted by molar-refractivity contribution is 0.528. The van der Waals surface area contributed by atoms with Gasteiger partial charge in [-0.3, -0.25) is 4.68 Å². The van der Waals surface area contributed by atoms with Crippen LogP contribution in [0.3, 0.4) is 0 Å². The first-order chi connectivity index (χ1) is 8.03. The number of aryl methyl sites for hydroxylation is 1. The molecule has 1 aromatic heterocycles. The summed E-state index contributed by atoms with van der Waals surface area (Å²) in [5.41, 5.74) is 8.20. The summed E-state index contributed by atoms with van der Waals surface area (Å²) in [5, 5.41) is 4.26. The quantitative estimate of drug-likeness (QED) is 0.859. The Labute approximate surface area is 102 Å². The molecular weight excluding hydrogens is 238 g/mol. The first-order valence-corrected chi connectivity index (χ1v) is 7.86. The van der Waals surface area contributed by atoms with Crippen LogP contribution in [0.2, 0.25) is 0 Å². The Morgan fingerprint density at radius 2 is 2.35 bits per heavy atom. The molecule has 1 atom stereocenters. The molecule has 1 aliphatic carbocycles. The lowest BCUT2D eigenvalue weighted by Crippen LogP contribution is -2.21. The van der Waals surface area contributed by atoms with E-state index >= 15 is 0 Å². The van der Waals surface area contributed by atoms with E-state index in [2.05, 4.69) is 5.10 Å². The molecule has 5 nitrogen and oxygen atoms in total. The summed E-state index contributed by atoms with van der Waals surface area (Å²) in [6, 6.07) is 0.0651. The van der Waals surface area contributed by atoms with Crippen molar-refractivity contribution in [3.8, 4) is 0 Å². The summed E-state index contributed by atoms with van der Waals surface area (Å²) in [5.74, 6) is 0.350. The minimum Gasteiger partial charge on any atom is -0.324 e. The smallest absolute Gasteiger partial charge is 0.151 e. The maximum atomic E-state index is 11.5. The Bertz CT molecular complexity index is 493. The van der Waals surface area contributed by atoms with E-state index < -0.39 is 9.84 Å². The van der Waals surface area contributed by atoms with Gasteiger partial charge in [-0.25, -0.2) is 8.42 Å². The largest absolute Gasteiger partial charge is 0.324 e. The molecule has 6 heteroatoms. The molecule has 0 amide bonds. The zero-order valence-electron chi connectivity index (χ0n) is 10.1. The summed E-state index contributed by atoms with van der Waals surface area (Å²) in [6.07, 6.45) is 4.79. The highest BCUT2D eigenvalue weighted by Crippen LogP contribution is 2.27. The van der Waals surface area contributed by atoms with Crippen molar-refractivity contribution in [3.63, 3.8) is 0 Å². The number of fused-ring (bicyclic) bond motifs is 1. The van der Waals surface area contributed by atoms with E-state index in [9.17, 15) is 8.42 Å². The molecule has 2 rings (SSSR count). The molecular formula is C11H19N3O2S. The van der Waals surface area contributed by atoms with Crippen LogP contribution in [0.5, 0.6) is 0 Å². The molecule has 0 saturated heterocycles. The number of sulfone groups is 1. The average Bonchev–Trinajstić information content (AvgIpc) is 2.71. The zero-order valence-corrected chi connectivity index (χ0v) is 10.9. The molecule has 0 bridgehead atoms. The summed E-state index contributed by atoms with van der Waals surface area (Å²) >= 11 is 0. The van der Waals surface area contributed by atoms with Crippen molar-refractivity contribution in [2.45, 2.75) is 38.8 Å². The number of aromatic nitrogens is 2. The van der Waals surface area contributed by atoms with Crippen LogP contribution in [-0.2, 0) is 22.8 Å². The predicted molar refractivity (Wildman–Crippen MR) is 66.4 cm³/mol. The van der Waals surface area contributed by atoms with Crippen molar-refractivity contribution in [1.82, 2.24) is 9.78 Å². The van der Waals surface area contributed by atoms with Crippen LogP contribution in [0.4, 0.5) is 0 Å². The molecule has 1 unspecified atom stereocenters.